The Balaban J connectivity index is 1.31. The largest absolute Gasteiger partial charge is 0.398 e. The molecule has 3 aromatic heterocycles. The number of aryl methyl sites for hydroxylation is 1. The lowest BCUT2D eigenvalue weighted by atomic mass is 10.0. The summed E-state index contributed by atoms with van der Waals surface area (Å²) < 4.78 is 0.573. The van der Waals surface area contributed by atoms with Crippen molar-refractivity contribution in [3.8, 4) is 11.1 Å². The Labute approximate surface area is 196 Å². The SMILES string of the molecule is Nc1ccnc2ccc(-c3csc(/C=C4\SC(=S)N(CCCc5nn[nH]n5)C4=O)c3)cc12. The Kier molecular flexibility index (Phi) is 5.68. The Morgan fingerprint density at radius 3 is 2.97 bits per heavy atom. The average Bonchev–Trinajstić information content (AvgIpc) is 3.53. The van der Waals surface area contributed by atoms with E-state index in [4.69, 9.17) is 18.0 Å². The van der Waals surface area contributed by atoms with Crippen molar-refractivity contribution in [2.45, 2.75) is 12.8 Å². The van der Waals surface area contributed by atoms with Crippen LogP contribution in [0.5, 0.6) is 0 Å². The second-order valence-electron chi connectivity index (χ2n) is 7.13. The summed E-state index contributed by atoms with van der Waals surface area (Å²) in [6.45, 7) is 0.527. The third-order valence-electron chi connectivity index (χ3n) is 5.05. The normalized spacial score (nSPS) is 15.4. The van der Waals surface area contributed by atoms with E-state index in [0.29, 0.717) is 40.1 Å². The third kappa shape index (κ3) is 4.14. The standard InChI is InChI=1S/C21H17N7OS3/c22-16-5-6-23-17-4-3-12(9-15(16)17)13-8-14(31-11-13)10-18-20(29)28(21(30)32-18)7-1-2-19-24-26-27-25-19/h3-6,8-11H,1-2,7H2,(H2,22,23)(H,24,25,26,27)/b18-10-. The number of thioether (sulfide) groups is 1. The minimum atomic E-state index is -0.0624. The van der Waals surface area contributed by atoms with Crippen LogP contribution in [0.1, 0.15) is 17.1 Å². The number of amides is 1. The minimum absolute atomic E-state index is 0.0624. The first kappa shape index (κ1) is 20.7. The van der Waals surface area contributed by atoms with E-state index in [9.17, 15) is 4.79 Å². The molecule has 1 aliphatic rings. The highest BCUT2D eigenvalue weighted by molar-refractivity contribution is 8.26. The van der Waals surface area contributed by atoms with E-state index in [1.807, 2.05) is 24.3 Å². The van der Waals surface area contributed by atoms with E-state index in [1.165, 1.54) is 11.8 Å². The summed E-state index contributed by atoms with van der Waals surface area (Å²) in [5.41, 5.74) is 9.81. The van der Waals surface area contributed by atoms with Crippen molar-refractivity contribution in [3.05, 3.63) is 57.5 Å². The van der Waals surface area contributed by atoms with Gasteiger partial charge >= 0.3 is 0 Å². The van der Waals surface area contributed by atoms with Crippen molar-refractivity contribution in [2.24, 2.45) is 0 Å². The van der Waals surface area contributed by atoms with Crippen LogP contribution in [0.25, 0.3) is 28.1 Å². The summed E-state index contributed by atoms with van der Waals surface area (Å²) in [7, 11) is 0. The number of rotatable bonds is 6. The van der Waals surface area contributed by atoms with Crippen LogP contribution in [0.4, 0.5) is 5.69 Å². The lowest BCUT2D eigenvalue weighted by molar-refractivity contribution is -0.122. The molecule has 32 heavy (non-hydrogen) atoms. The number of hydrogen-bond donors (Lipinski definition) is 2. The molecule has 1 saturated heterocycles. The lowest BCUT2D eigenvalue weighted by Gasteiger charge is -2.13. The summed E-state index contributed by atoms with van der Waals surface area (Å²) in [4.78, 5) is 20.5. The Morgan fingerprint density at radius 2 is 2.12 bits per heavy atom. The van der Waals surface area contributed by atoms with Gasteiger partial charge in [-0.3, -0.25) is 14.7 Å². The number of H-pyrrole nitrogens is 1. The molecule has 4 heterocycles. The molecule has 0 atom stereocenters. The molecule has 0 bridgehead atoms. The van der Waals surface area contributed by atoms with Crippen LogP contribution in [-0.4, -0.2) is 47.3 Å². The van der Waals surface area contributed by atoms with E-state index < -0.39 is 0 Å². The number of aromatic nitrogens is 5. The van der Waals surface area contributed by atoms with Gasteiger partial charge in [-0.1, -0.05) is 35.3 Å². The molecule has 0 saturated carbocycles. The van der Waals surface area contributed by atoms with Gasteiger partial charge in [-0.25, -0.2) is 0 Å². The van der Waals surface area contributed by atoms with Gasteiger partial charge in [0.25, 0.3) is 5.91 Å². The van der Waals surface area contributed by atoms with E-state index in [1.54, 1.807) is 28.5 Å². The second-order valence-corrected chi connectivity index (χ2v) is 9.75. The molecule has 1 aromatic carbocycles. The maximum atomic E-state index is 12.9. The van der Waals surface area contributed by atoms with Gasteiger partial charge in [-0.15, -0.1) is 21.5 Å². The van der Waals surface area contributed by atoms with Crippen molar-refractivity contribution >= 4 is 68.2 Å². The van der Waals surface area contributed by atoms with E-state index in [-0.39, 0.29) is 5.91 Å². The number of anilines is 1. The highest BCUT2D eigenvalue weighted by Crippen LogP contribution is 2.35. The topological polar surface area (TPSA) is 114 Å². The molecule has 4 aromatic rings. The van der Waals surface area contributed by atoms with Gasteiger partial charge < -0.3 is 5.73 Å². The lowest BCUT2D eigenvalue weighted by Crippen LogP contribution is -2.29. The molecule has 0 unspecified atom stereocenters. The minimum Gasteiger partial charge on any atom is -0.398 e. The highest BCUT2D eigenvalue weighted by atomic mass is 32.2. The van der Waals surface area contributed by atoms with Crippen LogP contribution in [-0.2, 0) is 11.2 Å². The number of nitrogens with one attached hydrogen (secondary N) is 1. The van der Waals surface area contributed by atoms with Crippen LogP contribution >= 0.6 is 35.3 Å². The number of fused-ring (bicyclic) bond motifs is 1. The summed E-state index contributed by atoms with van der Waals surface area (Å²) >= 11 is 8.34. The van der Waals surface area contributed by atoms with E-state index in [2.05, 4.69) is 37.1 Å². The van der Waals surface area contributed by atoms with Gasteiger partial charge in [0.1, 0.15) is 4.32 Å². The predicted octanol–water partition coefficient (Wildman–Crippen LogP) is 3.89. The van der Waals surface area contributed by atoms with Crippen LogP contribution in [0, 0.1) is 0 Å². The molecule has 3 N–H and O–H groups in total. The number of benzene rings is 1. The Hall–Kier alpha value is -3.15. The van der Waals surface area contributed by atoms with Crippen molar-refractivity contribution in [2.75, 3.05) is 12.3 Å². The molecule has 0 spiro atoms. The van der Waals surface area contributed by atoms with Crippen molar-refractivity contribution in [3.63, 3.8) is 0 Å². The molecular formula is C21H17N7OS3. The van der Waals surface area contributed by atoms with Gasteiger partial charge in [0.05, 0.1) is 10.4 Å². The molecule has 5 rings (SSSR count). The maximum Gasteiger partial charge on any atom is 0.266 e. The van der Waals surface area contributed by atoms with Crippen molar-refractivity contribution in [1.82, 2.24) is 30.5 Å². The van der Waals surface area contributed by atoms with Crippen LogP contribution < -0.4 is 5.73 Å². The van der Waals surface area contributed by atoms with Crippen LogP contribution in [0.15, 0.2) is 46.8 Å². The first-order valence-electron chi connectivity index (χ1n) is 9.79. The average molecular weight is 480 g/mol. The number of thiocarbonyl (C=S) groups is 1. The summed E-state index contributed by atoms with van der Waals surface area (Å²) in [6.07, 6.45) is 4.96. The monoisotopic (exact) mass is 479 g/mol. The quantitative estimate of drug-likeness (QED) is 0.316. The summed E-state index contributed by atoms with van der Waals surface area (Å²) in [5, 5.41) is 16.8. The number of thiophene rings is 1. The number of tetrazole rings is 1. The maximum absolute atomic E-state index is 12.9. The molecule has 1 amide bonds. The van der Waals surface area contributed by atoms with Gasteiger partial charge in [0, 0.05) is 35.1 Å². The summed E-state index contributed by atoms with van der Waals surface area (Å²) in [5.74, 6) is 0.566. The van der Waals surface area contributed by atoms with Gasteiger partial charge in [-0.05, 0) is 53.3 Å². The number of pyridine rings is 1. The fourth-order valence-electron chi connectivity index (χ4n) is 3.43. The van der Waals surface area contributed by atoms with E-state index in [0.717, 1.165) is 26.9 Å². The molecule has 0 aliphatic carbocycles. The number of carbonyl (C=O) groups excluding carboxylic acids is 1. The smallest absolute Gasteiger partial charge is 0.266 e. The molecular weight excluding hydrogens is 462 g/mol. The predicted molar refractivity (Wildman–Crippen MR) is 132 cm³/mol. The molecule has 160 valence electrons. The van der Waals surface area contributed by atoms with Crippen molar-refractivity contribution in [1.29, 1.82) is 0 Å². The third-order valence-corrected chi connectivity index (χ3v) is 7.30. The number of nitrogen functional groups attached to an aromatic ring is 1. The molecule has 1 fully saturated rings. The number of aromatic amines is 1. The second kappa shape index (κ2) is 8.77. The van der Waals surface area contributed by atoms with Gasteiger partial charge in [-0.2, -0.15) is 5.21 Å². The molecule has 11 heteroatoms. The van der Waals surface area contributed by atoms with Crippen LogP contribution in [0.3, 0.4) is 0 Å². The number of nitrogens with zero attached hydrogens (tertiary/aromatic N) is 5. The highest BCUT2D eigenvalue weighted by Gasteiger charge is 2.31. The number of hydrogen-bond acceptors (Lipinski definition) is 9. The fourth-order valence-corrected chi connectivity index (χ4v) is 5.65. The van der Waals surface area contributed by atoms with E-state index >= 15 is 0 Å². The van der Waals surface area contributed by atoms with Crippen molar-refractivity contribution < 1.29 is 4.79 Å². The first-order chi connectivity index (χ1) is 15.6. The Morgan fingerprint density at radius 1 is 1.22 bits per heavy atom. The van der Waals surface area contributed by atoms with Gasteiger partial charge in [0.2, 0.25) is 0 Å². The number of carbonyl (C=O) groups is 1. The summed E-state index contributed by atoms with van der Waals surface area (Å²) in [6, 6.07) is 9.92. The first-order valence-corrected chi connectivity index (χ1v) is 11.9. The molecule has 0 radical (unpaired) electrons. The molecule has 1 aliphatic heterocycles. The number of nitrogens with two attached hydrogens (primary N) is 1. The molecule has 8 nitrogen and oxygen atoms in total. The zero-order chi connectivity index (χ0) is 22.1. The Bertz CT molecular complexity index is 1350. The zero-order valence-corrected chi connectivity index (χ0v) is 19.1. The fraction of sp³-hybridized carbons (Fsp3) is 0.143. The van der Waals surface area contributed by atoms with Gasteiger partial charge in [0.15, 0.2) is 5.82 Å². The van der Waals surface area contributed by atoms with Crippen LogP contribution in [0.2, 0.25) is 0 Å². The zero-order valence-electron chi connectivity index (χ0n) is 16.7.